The fourth-order valence-corrected chi connectivity index (χ4v) is 0.285. The van der Waals surface area contributed by atoms with E-state index in [4.69, 9.17) is 5.73 Å². The zero-order chi connectivity index (χ0) is 5.28. The number of nitrogens with zero attached hydrogens (tertiary/aromatic N) is 1. The Morgan fingerprint density at radius 2 is 2.57 bits per heavy atom. The molecule has 0 fully saturated rings. The van der Waals surface area contributed by atoms with Crippen LogP contribution < -0.4 is 5.73 Å². The minimum atomic E-state index is -0.236. The molecule has 7 heavy (non-hydrogen) atoms. The molecule has 1 heterocycles. The van der Waals surface area contributed by atoms with Crippen LogP contribution in [0.15, 0.2) is 5.16 Å². The Morgan fingerprint density at radius 1 is 1.86 bits per heavy atom. The summed E-state index contributed by atoms with van der Waals surface area (Å²) in [6, 6.07) is 0. The van der Waals surface area contributed by atoms with E-state index < -0.39 is 0 Å². The minimum absolute atomic E-state index is 0.00579. The van der Waals surface area contributed by atoms with E-state index in [0.29, 0.717) is 0 Å². The van der Waals surface area contributed by atoms with Gasteiger partial charge in [-0.15, -0.1) is 0 Å². The molecule has 1 aliphatic heterocycles. The zero-order valence-corrected chi connectivity index (χ0v) is 3.55. The fourth-order valence-electron chi connectivity index (χ4n) is 0.285. The molecule has 0 saturated heterocycles. The number of nitrogens with two attached hydrogens (primary N) is 1. The van der Waals surface area contributed by atoms with Crippen LogP contribution in [0.3, 0.4) is 0 Å². The highest BCUT2D eigenvalue weighted by molar-refractivity contribution is 6.39. The van der Waals surface area contributed by atoms with E-state index in [9.17, 15) is 4.79 Å². The Kier molecular flexibility index (Phi) is 0.714. The summed E-state index contributed by atoms with van der Waals surface area (Å²) in [5, 5.41) is 3.16. The Hall–Kier alpha value is -1.06. The number of rotatable bonds is 0. The Balaban J connectivity index is 2.72. The van der Waals surface area contributed by atoms with E-state index >= 15 is 0 Å². The first kappa shape index (κ1) is 4.11. The van der Waals surface area contributed by atoms with Crippen LogP contribution in [0.25, 0.3) is 0 Å². The van der Waals surface area contributed by atoms with E-state index in [0.717, 1.165) is 0 Å². The molecule has 1 aliphatic rings. The molecule has 1 rings (SSSR count). The van der Waals surface area contributed by atoms with Crippen LogP contribution >= 0.6 is 0 Å². The average Bonchev–Trinajstić information content (AvgIpc) is 1.91. The summed E-state index contributed by atoms with van der Waals surface area (Å²) >= 11 is 0. The van der Waals surface area contributed by atoms with Crippen molar-refractivity contribution in [3.05, 3.63) is 0 Å². The first-order chi connectivity index (χ1) is 3.30. The van der Waals surface area contributed by atoms with Gasteiger partial charge in [-0.3, -0.25) is 4.79 Å². The molecule has 38 valence electrons. The number of amidine groups is 1. The monoisotopic (exact) mass is 100 g/mol. The summed E-state index contributed by atoms with van der Waals surface area (Å²) in [6.45, 7) is 0.00579. The Labute approximate surface area is 39.9 Å². The maximum atomic E-state index is 10.2. The molecule has 0 spiro atoms. The molecule has 4 nitrogen and oxygen atoms in total. The number of hydrogen-bond donors (Lipinski definition) is 1. The predicted molar refractivity (Wildman–Crippen MR) is 22.6 cm³/mol. The van der Waals surface area contributed by atoms with E-state index in [1.54, 1.807) is 0 Å². The van der Waals surface area contributed by atoms with Crippen molar-refractivity contribution in [3.63, 3.8) is 0 Å². The van der Waals surface area contributed by atoms with Crippen molar-refractivity contribution in [3.8, 4) is 0 Å². The van der Waals surface area contributed by atoms with Gasteiger partial charge in [0.25, 0.3) is 0 Å². The molecule has 0 aromatic heterocycles. The third-order valence-electron chi connectivity index (χ3n) is 0.644. The molecular formula is C3H4N2O2. The molecule has 0 unspecified atom stereocenters. The molecule has 0 bridgehead atoms. The minimum Gasteiger partial charge on any atom is -0.385 e. The van der Waals surface area contributed by atoms with Gasteiger partial charge in [0.2, 0.25) is 11.6 Å². The van der Waals surface area contributed by atoms with Gasteiger partial charge < -0.3 is 10.6 Å². The Morgan fingerprint density at radius 3 is 2.71 bits per heavy atom. The van der Waals surface area contributed by atoms with E-state index in [1.807, 2.05) is 0 Å². The van der Waals surface area contributed by atoms with Crippen molar-refractivity contribution < 1.29 is 9.63 Å². The highest BCUT2D eigenvalue weighted by atomic mass is 16.6. The quantitative estimate of drug-likeness (QED) is 0.418. The van der Waals surface area contributed by atoms with Gasteiger partial charge in [-0.1, -0.05) is 5.16 Å². The van der Waals surface area contributed by atoms with Crippen molar-refractivity contribution in [2.45, 2.75) is 0 Å². The maximum absolute atomic E-state index is 10.2. The summed E-state index contributed by atoms with van der Waals surface area (Å²) < 4.78 is 0. The topological polar surface area (TPSA) is 64.7 Å². The molecule has 2 N–H and O–H groups in total. The van der Waals surface area contributed by atoms with Crippen LogP contribution in [0.2, 0.25) is 0 Å². The number of carbonyl (C=O) groups excluding carboxylic acids is 1. The Bertz CT molecular complexity index is 129. The summed E-state index contributed by atoms with van der Waals surface area (Å²) in [6.07, 6.45) is 0. The van der Waals surface area contributed by atoms with Gasteiger partial charge >= 0.3 is 0 Å². The largest absolute Gasteiger partial charge is 0.385 e. The third kappa shape index (κ3) is 0.534. The number of carbonyl (C=O) groups is 1. The number of hydrogen-bond acceptors (Lipinski definition) is 4. The molecule has 0 radical (unpaired) electrons. The lowest BCUT2D eigenvalue weighted by Gasteiger charge is -1.75. The summed E-state index contributed by atoms with van der Waals surface area (Å²) in [5.74, 6) is -0.264. The summed E-state index contributed by atoms with van der Waals surface area (Å²) in [5.41, 5.74) is 4.95. The maximum Gasteiger partial charge on any atom is 0.240 e. The lowest BCUT2D eigenvalue weighted by Crippen LogP contribution is -2.20. The lowest BCUT2D eigenvalue weighted by atomic mass is 10.4. The van der Waals surface area contributed by atoms with Crippen LogP contribution in [0.5, 0.6) is 0 Å². The van der Waals surface area contributed by atoms with Crippen molar-refractivity contribution in [2.24, 2.45) is 10.9 Å². The van der Waals surface area contributed by atoms with E-state index in [1.165, 1.54) is 0 Å². The molecule has 0 aliphatic carbocycles. The second kappa shape index (κ2) is 1.22. The van der Waals surface area contributed by atoms with Crippen molar-refractivity contribution in [1.29, 1.82) is 0 Å². The van der Waals surface area contributed by atoms with Crippen molar-refractivity contribution in [1.82, 2.24) is 0 Å². The summed E-state index contributed by atoms with van der Waals surface area (Å²) in [4.78, 5) is 14.5. The predicted octanol–water partition coefficient (Wildman–Crippen LogP) is -1.14. The van der Waals surface area contributed by atoms with Gasteiger partial charge in [0.15, 0.2) is 6.61 Å². The first-order valence-electron chi connectivity index (χ1n) is 1.79. The fraction of sp³-hybridized carbons (Fsp3) is 0.333. The molecule has 0 aromatic carbocycles. The van der Waals surface area contributed by atoms with Crippen LogP contribution in [0, 0.1) is 0 Å². The van der Waals surface area contributed by atoms with Gasteiger partial charge in [0.05, 0.1) is 0 Å². The molecule has 0 amide bonds. The van der Waals surface area contributed by atoms with Crippen molar-refractivity contribution >= 4 is 11.6 Å². The number of oxime groups is 1. The standard InChI is InChI=1S/C3H4N2O2/c4-3-2(6)1-7-5-3/h1H2,(H2,4,5). The second-order valence-corrected chi connectivity index (χ2v) is 1.17. The van der Waals surface area contributed by atoms with Crippen molar-refractivity contribution in [2.75, 3.05) is 6.61 Å². The van der Waals surface area contributed by atoms with E-state index in [2.05, 4.69) is 9.99 Å². The SMILES string of the molecule is NC1=NOCC1=O. The smallest absolute Gasteiger partial charge is 0.240 e. The van der Waals surface area contributed by atoms with Gasteiger partial charge in [0.1, 0.15) is 0 Å². The second-order valence-electron chi connectivity index (χ2n) is 1.17. The average molecular weight is 100 g/mol. The number of Topliss-reactive ketones (excluding diaryl/α,β-unsaturated/α-hetero) is 1. The normalized spacial score (nSPS) is 18.9. The highest BCUT2D eigenvalue weighted by Gasteiger charge is 2.13. The highest BCUT2D eigenvalue weighted by Crippen LogP contribution is 1.88. The summed E-state index contributed by atoms with van der Waals surface area (Å²) in [7, 11) is 0. The van der Waals surface area contributed by atoms with Crippen LogP contribution in [-0.4, -0.2) is 18.2 Å². The molecular weight excluding hydrogens is 96.0 g/mol. The van der Waals surface area contributed by atoms with E-state index in [-0.39, 0.29) is 18.2 Å². The van der Waals surface area contributed by atoms with Crippen LogP contribution in [-0.2, 0) is 9.63 Å². The lowest BCUT2D eigenvalue weighted by molar-refractivity contribution is -0.114. The molecule has 0 aromatic rings. The van der Waals surface area contributed by atoms with Gasteiger partial charge in [-0.05, 0) is 0 Å². The van der Waals surface area contributed by atoms with Gasteiger partial charge in [-0.2, -0.15) is 0 Å². The molecule has 0 saturated carbocycles. The van der Waals surface area contributed by atoms with Gasteiger partial charge in [0, 0.05) is 0 Å². The zero-order valence-electron chi connectivity index (χ0n) is 3.55. The molecule has 0 atom stereocenters. The van der Waals surface area contributed by atoms with Crippen LogP contribution in [0.1, 0.15) is 0 Å². The van der Waals surface area contributed by atoms with Crippen LogP contribution in [0.4, 0.5) is 0 Å². The molecule has 4 heteroatoms. The first-order valence-corrected chi connectivity index (χ1v) is 1.79. The number of ketones is 1. The third-order valence-corrected chi connectivity index (χ3v) is 0.644. The van der Waals surface area contributed by atoms with Gasteiger partial charge in [-0.25, -0.2) is 0 Å².